The molecule has 3 aromatic rings. The maximum absolute atomic E-state index is 10.2. The van der Waals surface area contributed by atoms with Gasteiger partial charge in [0.05, 0.1) is 37.5 Å². The lowest BCUT2D eigenvalue weighted by atomic mass is 10.2. The predicted molar refractivity (Wildman–Crippen MR) is 132 cm³/mol. The van der Waals surface area contributed by atoms with Gasteiger partial charge in [0, 0.05) is 25.2 Å². The molecule has 7 heteroatoms. The molecule has 0 bridgehead atoms. The maximum Gasteiger partial charge on any atom is 0.150 e. The Morgan fingerprint density at radius 3 is 2.42 bits per heavy atom. The number of methoxy groups -OCH3 is 1. The first-order valence-corrected chi connectivity index (χ1v) is 11.4. The third-order valence-corrected chi connectivity index (χ3v) is 5.77. The Bertz CT molecular complexity index is 970. The second-order valence-electron chi connectivity index (χ2n) is 8.04. The lowest BCUT2D eigenvalue weighted by Gasteiger charge is -2.20. The first-order valence-electron chi connectivity index (χ1n) is 11.4. The fraction of sp³-hybridized carbons (Fsp3) is 0.385. The average molecular weight is 451 g/mol. The molecule has 176 valence electrons. The highest BCUT2D eigenvalue weighted by Crippen LogP contribution is 2.18. The molecule has 0 spiro atoms. The van der Waals surface area contributed by atoms with Crippen molar-refractivity contribution in [1.29, 1.82) is 0 Å². The summed E-state index contributed by atoms with van der Waals surface area (Å²) in [5.41, 5.74) is 2.70. The highest BCUT2D eigenvalue weighted by molar-refractivity contribution is 5.74. The molecule has 33 heavy (non-hydrogen) atoms. The fourth-order valence-corrected chi connectivity index (χ4v) is 3.75. The molecule has 7 nitrogen and oxygen atoms in total. The van der Waals surface area contributed by atoms with Crippen LogP contribution in [-0.4, -0.2) is 60.9 Å². The molecule has 4 rings (SSSR count). The van der Waals surface area contributed by atoms with Crippen LogP contribution in [-0.2, 0) is 0 Å². The SMILES string of the molecule is CNc1cnn(-c2ccc(OCCCN3CCCC3C)cc2)c1.COc1ccc(C=O)cc1. The second kappa shape index (κ2) is 12.6. The third kappa shape index (κ3) is 7.36. The minimum Gasteiger partial charge on any atom is -0.497 e. The van der Waals surface area contributed by atoms with Gasteiger partial charge in [-0.05, 0) is 81.3 Å². The number of ether oxygens (including phenoxy) is 2. The Morgan fingerprint density at radius 2 is 1.85 bits per heavy atom. The van der Waals surface area contributed by atoms with E-state index in [1.54, 1.807) is 31.4 Å². The third-order valence-electron chi connectivity index (χ3n) is 5.77. The van der Waals surface area contributed by atoms with Crippen molar-refractivity contribution in [3.05, 3.63) is 66.5 Å². The molecule has 2 heterocycles. The highest BCUT2D eigenvalue weighted by Gasteiger charge is 2.19. The van der Waals surface area contributed by atoms with Crippen LogP contribution in [0.25, 0.3) is 5.69 Å². The standard InChI is InChI=1S/C18H26N4O.C8H8O2/c1-15-5-3-10-21(15)11-4-12-23-18-8-6-17(7-9-18)22-14-16(19-2)13-20-22;1-10-8-4-2-7(6-9)3-5-8/h6-9,13-15,19H,3-5,10-12H2,1-2H3;2-6H,1H3. The average Bonchev–Trinajstić information content (AvgIpc) is 3.51. The molecule has 1 aliphatic heterocycles. The molecule has 1 saturated heterocycles. The number of anilines is 1. The number of benzene rings is 2. The number of nitrogens with zero attached hydrogens (tertiary/aromatic N) is 3. The van der Waals surface area contributed by atoms with Crippen molar-refractivity contribution in [2.45, 2.75) is 32.2 Å². The zero-order valence-electron chi connectivity index (χ0n) is 19.7. The van der Waals surface area contributed by atoms with Gasteiger partial charge < -0.3 is 19.7 Å². The molecule has 1 atom stereocenters. The van der Waals surface area contributed by atoms with E-state index in [9.17, 15) is 4.79 Å². The predicted octanol–water partition coefficient (Wildman–Crippen LogP) is 4.67. The van der Waals surface area contributed by atoms with E-state index < -0.39 is 0 Å². The summed E-state index contributed by atoms with van der Waals surface area (Å²) in [6, 6.07) is 15.8. The van der Waals surface area contributed by atoms with Crippen molar-refractivity contribution >= 4 is 12.0 Å². The zero-order chi connectivity index (χ0) is 23.5. The molecule has 1 aromatic heterocycles. The van der Waals surface area contributed by atoms with Crippen molar-refractivity contribution in [2.24, 2.45) is 0 Å². The summed E-state index contributed by atoms with van der Waals surface area (Å²) in [4.78, 5) is 12.7. The van der Waals surface area contributed by atoms with Crippen molar-refractivity contribution in [1.82, 2.24) is 14.7 Å². The van der Waals surface area contributed by atoms with E-state index in [1.165, 1.54) is 19.4 Å². The van der Waals surface area contributed by atoms with Gasteiger partial charge in [-0.3, -0.25) is 4.79 Å². The van der Waals surface area contributed by atoms with E-state index in [4.69, 9.17) is 9.47 Å². The maximum atomic E-state index is 10.2. The summed E-state index contributed by atoms with van der Waals surface area (Å²) in [6.07, 6.45) is 8.34. The minimum atomic E-state index is 0.667. The van der Waals surface area contributed by atoms with Gasteiger partial charge in [-0.25, -0.2) is 4.68 Å². The number of likely N-dealkylation sites (tertiary alicyclic amines) is 1. The number of hydrogen-bond donors (Lipinski definition) is 1. The second-order valence-corrected chi connectivity index (χ2v) is 8.04. The Balaban J connectivity index is 0.000000257. The van der Waals surface area contributed by atoms with Gasteiger partial charge >= 0.3 is 0 Å². The summed E-state index contributed by atoms with van der Waals surface area (Å²) in [5.74, 6) is 1.69. The van der Waals surface area contributed by atoms with E-state index in [1.807, 2.05) is 48.4 Å². The van der Waals surface area contributed by atoms with Crippen LogP contribution in [0.1, 0.15) is 36.5 Å². The van der Waals surface area contributed by atoms with E-state index in [0.29, 0.717) is 5.56 Å². The van der Waals surface area contributed by atoms with Crippen LogP contribution in [0.5, 0.6) is 11.5 Å². The van der Waals surface area contributed by atoms with Crippen LogP contribution in [0.3, 0.4) is 0 Å². The van der Waals surface area contributed by atoms with Crippen LogP contribution >= 0.6 is 0 Å². The summed E-state index contributed by atoms with van der Waals surface area (Å²) < 4.78 is 12.6. The monoisotopic (exact) mass is 450 g/mol. The zero-order valence-corrected chi connectivity index (χ0v) is 19.7. The number of aldehydes is 1. The van der Waals surface area contributed by atoms with Gasteiger partial charge in [0.15, 0.2) is 0 Å². The Hall–Kier alpha value is -3.32. The summed E-state index contributed by atoms with van der Waals surface area (Å²) >= 11 is 0. The Labute approximate surface area is 196 Å². The number of nitrogens with one attached hydrogen (secondary N) is 1. The molecule has 1 aliphatic rings. The highest BCUT2D eigenvalue weighted by atomic mass is 16.5. The number of carbonyl (C=O) groups excluding carboxylic acids is 1. The number of carbonyl (C=O) groups is 1. The van der Waals surface area contributed by atoms with Crippen molar-refractivity contribution in [2.75, 3.05) is 39.2 Å². The summed E-state index contributed by atoms with van der Waals surface area (Å²) in [6.45, 7) is 5.48. The van der Waals surface area contributed by atoms with E-state index in [0.717, 1.165) is 54.8 Å². The Kier molecular flexibility index (Phi) is 9.32. The fourth-order valence-electron chi connectivity index (χ4n) is 3.75. The van der Waals surface area contributed by atoms with Crippen LogP contribution in [0.2, 0.25) is 0 Å². The molecule has 1 fully saturated rings. The van der Waals surface area contributed by atoms with Crippen molar-refractivity contribution in [3.63, 3.8) is 0 Å². The summed E-state index contributed by atoms with van der Waals surface area (Å²) in [5, 5.41) is 7.40. The molecule has 1 N–H and O–H groups in total. The van der Waals surface area contributed by atoms with Crippen LogP contribution in [0, 0.1) is 0 Å². The van der Waals surface area contributed by atoms with E-state index in [-0.39, 0.29) is 0 Å². The topological polar surface area (TPSA) is 68.6 Å². The first-order chi connectivity index (χ1) is 16.1. The lowest BCUT2D eigenvalue weighted by molar-refractivity contribution is 0.112. The van der Waals surface area contributed by atoms with Crippen LogP contribution < -0.4 is 14.8 Å². The molecule has 2 aromatic carbocycles. The summed E-state index contributed by atoms with van der Waals surface area (Å²) in [7, 11) is 3.48. The molecule has 0 radical (unpaired) electrons. The molecule has 0 amide bonds. The molecule has 0 saturated carbocycles. The van der Waals surface area contributed by atoms with Crippen molar-refractivity contribution < 1.29 is 14.3 Å². The smallest absolute Gasteiger partial charge is 0.150 e. The lowest BCUT2D eigenvalue weighted by Crippen LogP contribution is -2.28. The number of aromatic nitrogens is 2. The largest absolute Gasteiger partial charge is 0.497 e. The Morgan fingerprint density at radius 1 is 1.12 bits per heavy atom. The number of hydrogen-bond acceptors (Lipinski definition) is 6. The quantitative estimate of drug-likeness (QED) is 0.377. The van der Waals surface area contributed by atoms with Gasteiger partial charge in [0.2, 0.25) is 0 Å². The number of rotatable bonds is 9. The van der Waals surface area contributed by atoms with Gasteiger partial charge in [-0.1, -0.05) is 0 Å². The molecule has 0 aliphatic carbocycles. The van der Waals surface area contributed by atoms with Gasteiger partial charge in [-0.15, -0.1) is 0 Å². The van der Waals surface area contributed by atoms with E-state index in [2.05, 4.69) is 22.2 Å². The van der Waals surface area contributed by atoms with Crippen LogP contribution in [0.15, 0.2) is 60.9 Å². The first kappa shape index (κ1) is 24.3. The minimum absolute atomic E-state index is 0.667. The normalized spacial score (nSPS) is 15.4. The molecule has 1 unspecified atom stereocenters. The molecular weight excluding hydrogens is 416 g/mol. The van der Waals surface area contributed by atoms with Gasteiger partial charge in [-0.2, -0.15) is 5.10 Å². The van der Waals surface area contributed by atoms with Crippen molar-refractivity contribution in [3.8, 4) is 17.2 Å². The van der Waals surface area contributed by atoms with Crippen LogP contribution in [0.4, 0.5) is 5.69 Å². The van der Waals surface area contributed by atoms with E-state index >= 15 is 0 Å². The van der Waals surface area contributed by atoms with Gasteiger partial charge in [0.1, 0.15) is 17.8 Å². The van der Waals surface area contributed by atoms with Gasteiger partial charge in [0.25, 0.3) is 0 Å². The molecular formula is C26H34N4O3.